The number of benzene rings is 1. The predicted molar refractivity (Wildman–Crippen MR) is 69.2 cm³/mol. The minimum atomic E-state index is -0.914. The van der Waals surface area contributed by atoms with Crippen molar-refractivity contribution in [3.05, 3.63) is 35.7 Å². The Morgan fingerprint density at radius 2 is 2.00 bits per heavy atom. The Balaban J connectivity index is 2.49. The van der Waals surface area contributed by atoms with E-state index < -0.39 is 5.97 Å². The van der Waals surface area contributed by atoms with E-state index in [-0.39, 0.29) is 6.42 Å². The highest BCUT2D eigenvalue weighted by molar-refractivity contribution is 7.98. The Morgan fingerprint density at radius 1 is 1.33 bits per heavy atom. The molecular weight excluding hydrogens is 250 g/mol. The van der Waals surface area contributed by atoms with Crippen molar-refractivity contribution >= 4 is 17.7 Å². The van der Waals surface area contributed by atoms with Crippen molar-refractivity contribution in [2.24, 2.45) is 0 Å². The lowest BCUT2D eigenvalue weighted by Crippen LogP contribution is -2.08. The van der Waals surface area contributed by atoms with E-state index in [2.05, 4.69) is 10.2 Å². The molecular formula is C12H13N3O2S. The van der Waals surface area contributed by atoms with Gasteiger partial charge in [0, 0.05) is 5.69 Å². The minimum absolute atomic E-state index is 0.137. The van der Waals surface area contributed by atoms with Gasteiger partial charge < -0.3 is 5.11 Å². The van der Waals surface area contributed by atoms with Crippen LogP contribution in [0.4, 0.5) is 0 Å². The molecule has 0 unspecified atom stereocenters. The Morgan fingerprint density at radius 3 is 2.56 bits per heavy atom. The number of hydrogen-bond acceptors (Lipinski definition) is 4. The molecule has 2 aromatic rings. The predicted octanol–water partition coefficient (Wildman–Crippen LogP) is 1.92. The van der Waals surface area contributed by atoms with Crippen molar-refractivity contribution in [2.45, 2.75) is 18.5 Å². The summed E-state index contributed by atoms with van der Waals surface area (Å²) in [6.45, 7) is 2.00. The molecule has 0 fully saturated rings. The zero-order valence-electron chi connectivity index (χ0n) is 10.1. The van der Waals surface area contributed by atoms with Gasteiger partial charge in [0.2, 0.25) is 0 Å². The van der Waals surface area contributed by atoms with Gasteiger partial charge in [-0.25, -0.2) is 0 Å². The van der Waals surface area contributed by atoms with E-state index in [4.69, 9.17) is 5.11 Å². The molecule has 2 rings (SSSR count). The van der Waals surface area contributed by atoms with Crippen molar-refractivity contribution in [3.63, 3.8) is 0 Å². The smallest absolute Gasteiger partial charge is 0.311 e. The summed E-state index contributed by atoms with van der Waals surface area (Å²) in [4.78, 5) is 10.8. The zero-order chi connectivity index (χ0) is 13.1. The fourth-order valence-corrected chi connectivity index (χ4v) is 2.15. The first-order valence-corrected chi connectivity index (χ1v) is 6.61. The highest BCUT2D eigenvalue weighted by atomic mass is 32.2. The molecule has 18 heavy (non-hydrogen) atoms. The van der Waals surface area contributed by atoms with Crippen molar-refractivity contribution in [2.75, 3.05) is 6.26 Å². The van der Waals surface area contributed by atoms with Gasteiger partial charge in [-0.15, -0.1) is 10.2 Å². The van der Waals surface area contributed by atoms with Gasteiger partial charge in [-0.2, -0.15) is 0 Å². The number of aromatic nitrogens is 3. The number of carboxylic acid groups (broad SMARTS) is 1. The van der Waals surface area contributed by atoms with E-state index in [0.717, 1.165) is 11.3 Å². The molecule has 0 bridgehead atoms. The number of nitrogens with zero attached hydrogens (tertiary/aromatic N) is 3. The lowest BCUT2D eigenvalue weighted by atomic mass is 10.2. The second-order valence-corrected chi connectivity index (χ2v) is 4.62. The number of thioether (sulfide) groups is 1. The molecule has 0 radical (unpaired) electrons. The first-order valence-electron chi connectivity index (χ1n) is 5.39. The summed E-state index contributed by atoms with van der Waals surface area (Å²) in [5.74, 6) is -0.473. The molecule has 94 valence electrons. The molecule has 5 nitrogen and oxygen atoms in total. The fourth-order valence-electron chi connectivity index (χ4n) is 1.64. The number of aliphatic carboxylic acids is 1. The second kappa shape index (κ2) is 5.22. The van der Waals surface area contributed by atoms with Crippen LogP contribution in [0, 0.1) is 6.92 Å². The minimum Gasteiger partial charge on any atom is -0.481 e. The van der Waals surface area contributed by atoms with Gasteiger partial charge in [0.15, 0.2) is 5.16 Å². The lowest BCUT2D eigenvalue weighted by molar-refractivity contribution is -0.136. The topological polar surface area (TPSA) is 68.0 Å². The summed E-state index contributed by atoms with van der Waals surface area (Å²) in [6, 6.07) is 7.82. The van der Waals surface area contributed by atoms with Gasteiger partial charge in [0.05, 0.1) is 0 Å². The second-order valence-electron chi connectivity index (χ2n) is 3.84. The Kier molecular flexibility index (Phi) is 3.66. The first-order chi connectivity index (χ1) is 8.61. The van der Waals surface area contributed by atoms with Crippen LogP contribution in [0.1, 0.15) is 11.4 Å². The van der Waals surface area contributed by atoms with Crippen LogP contribution in [0.15, 0.2) is 29.4 Å². The van der Waals surface area contributed by atoms with Crippen molar-refractivity contribution in [1.29, 1.82) is 0 Å². The van der Waals surface area contributed by atoms with Crippen LogP contribution < -0.4 is 0 Å². The van der Waals surface area contributed by atoms with E-state index in [1.807, 2.05) is 37.4 Å². The number of rotatable bonds is 4. The first kappa shape index (κ1) is 12.6. The molecule has 1 heterocycles. The van der Waals surface area contributed by atoms with E-state index in [1.54, 1.807) is 4.57 Å². The highest BCUT2D eigenvalue weighted by Gasteiger charge is 2.15. The highest BCUT2D eigenvalue weighted by Crippen LogP contribution is 2.20. The maximum Gasteiger partial charge on any atom is 0.311 e. The molecule has 0 aliphatic heterocycles. The Bertz CT molecular complexity index is 563. The van der Waals surface area contributed by atoms with Crippen LogP contribution in [0.2, 0.25) is 0 Å². The van der Waals surface area contributed by atoms with Crippen molar-refractivity contribution in [1.82, 2.24) is 14.8 Å². The van der Waals surface area contributed by atoms with E-state index in [9.17, 15) is 4.79 Å². The quantitative estimate of drug-likeness (QED) is 0.854. The SMILES string of the molecule is CSc1nnc(CC(=O)O)n1-c1ccc(C)cc1. The molecule has 6 heteroatoms. The molecule has 0 amide bonds. The van der Waals surface area contributed by atoms with Crippen LogP contribution in [0.3, 0.4) is 0 Å². The van der Waals surface area contributed by atoms with Gasteiger partial charge in [0.25, 0.3) is 0 Å². The van der Waals surface area contributed by atoms with Crippen LogP contribution in [0.25, 0.3) is 5.69 Å². The molecule has 1 N–H and O–H groups in total. The van der Waals surface area contributed by atoms with Crippen LogP contribution >= 0.6 is 11.8 Å². The average molecular weight is 263 g/mol. The van der Waals surface area contributed by atoms with Gasteiger partial charge in [-0.1, -0.05) is 29.5 Å². The summed E-state index contributed by atoms with van der Waals surface area (Å²) in [6.07, 6.45) is 1.75. The molecule has 0 saturated heterocycles. The van der Waals surface area contributed by atoms with Gasteiger partial charge in [0.1, 0.15) is 12.2 Å². The number of aryl methyl sites for hydroxylation is 1. The van der Waals surface area contributed by atoms with Gasteiger partial charge in [-0.05, 0) is 25.3 Å². The molecule has 0 atom stereocenters. The van der Waals surface area contributed by atoms with Crippen LogP contribution in [0.5, 0.6) is 0 Å². The number of carbonyl (C=O) groups is 1. The van der Waals surface area contributed by atoms with E-state index in [0.29, 0.717) is 11.0 Å². The lowest BCUT2D eigenvalue weighted by Gasteiger charge is -2.08. The normalized spacial score (nSPS) is 10.6. The maximum absolute atomic E-state index is 10.8. The Hall–Kier alpha value is -1.82. The molecule has 1 aromatic carbocycles. The third kappa shape index (κ3) is 2.53. The number of hydrogen-bond donors (Lipinski definition) is 1. The zero-order valence-corrected chi connectivity index (χ0v) is 10.9. The summed E-state index contributed by atoms with van der Waals surface area (Å²) in [7, 11) is 0. The molecule has 0 aliphatic carbocycles. The Labute approximate surface area is 109 Å². The third-order valence-electron chi connectivity index (χ3n) is 2.48. The van der Waals surface area contributed by atoms with Gasteiger partial charge >= 0.3 is 5.97 Å². The summed E-state index contributed by atoms with van der Waals surface area (Å²) in [5.41, 5.74) is 2.03. The monoisotopic (exact) mass is 263 g/mol. The summed E-state index contributed by atoms with van der Waals surface area (Å²) in [5, 5.41) is 17.5. The fraction of sp³-hybridized carbons (Fsp3) is 0.250. The molecule has 0 spiro atoms. The molecule has 0 aliphatic rings. The maximum atomic E-state index is 10.8. The van der Waals surface area contributed by atoms with Crippen molar-refractivity contribution < 1.29 is 9.90 Å². The molecule has 1 aromatic heterocycles. The summed E-state index contributed by atoms with van der Waals surface area (Å²) >= 11 is 1.44. The van der Waals surface area contributed by atoms with Crippen molar-refractivity contribution in [3.8, 4) is 5.69 Å². The summed E-state index contributed by atoms with van der Waals surface area (Å²) < 4.78 is 1.78. The number of carboxylic acids is 1. The van der Waals surface area contributed by atoms with Crippen LogP contribution in [-0.4, -0.2) is 32.1 Å². The van der Waals surface area contributed by atoms with Crippen LogP contribution in [-0.2, 0) is 11.2 Å². The third-order valence-corrected chi connectivity index (χ3v) is 3.11. The van der Waals surface area contributed by atoms with Gasteiger partial charge in [-0.3, -0.25) is 9.36 Å². The molecule has 0 saturated carbocycles. The standard InChI is InChI=1S/C12H13N3O2S/c1-8-3-5-9(6-4-8)15-10(7-11(16)17)13-14-12(15)18-2/h3-6H,7H2,1-2H3,(H,16,17). The average Bonchev–Trinajstić information content (AvgIpc) is 2.72. The largest absolute Gasteiger partial charge is 0.481 e. The van der Waals surface area contributed by atoms with E-state index >= 15 is 0 Å². The van der Waals surface area contributed by atoms with E-state index in [1.165, 1.54) is 11.8 Å².